The summed E-state index contributed by atoms with van der Waals surface area (Å²) in [6, 6.07) is 11.1. The van der Waals surface area contributed by atoms with Crippen LogP contribution in [0.2, 0.25) is 10.0 Å². The molecule has 192 valence electrons. The molecule has 0 saturated carbocycles. The summed E-state index contributed by atoms with van der Waals surface area (Å²) in [5.74, 6) is -1.91. The number of alkyl halides is 3. The maximum Gasteiger partial charge on any atom is 0.416 e. The Hall–Kier alpha value is -1.84. The third kappa shape index (κ3) is 6.30. The van der Waals surface area contributed by atoms with Crippen molar-refractivity contribution >= 4 is 29.1 Å². The number of carbonyl (C=O) groups is 1. The van der Waals surface area contributed by atoms with Crippen molar-refractivity contribution in [1.29, 1.82) is 0 Å². The Morgan fingerprint density at radius 2 is 1.74 bits per heavy atom. The SMILES string of the molecule is CC[C@@H](C(O)C(F)(F)F)N1C(=O)[C@@H](CC(O)OC)CC(c2cccc(Cl)c2)[C@H]1c1ccc(Cl)cc1. The molecule has 0 radical (unpaired) electrons. The number of hydrogen-bond donors (Lipinski definition) is 2. The number of carbonyl (C=O) groups excluding carboxylic acids is 1. The number of piperidine rings is 1. The molecule has 5 nitrogen and oxygen atoms in total. The first-order valence-corrected chi connectivity index (χ1v) is 12.0. The molecule has 35 heavy (non-hydrogen) atoms. The van der Waals surface area contributed by atoms with E-state index in [2.05, 4.69) is 0 Å². The minimum Gasteiger partial charge on any atom is -0.382 e. The van der Waals surface area contributed by atoms with E-state index in [0.29, 0.717) is 15.6 Å². The third-order valence-corrected chi connectivity index (χ3v) is 7.03. The quantitative estimate of drug-likeness (QED) is 0.425. The molecule has 0 aromatic heterocycles. The van der Waals surface area contributed by atoms with Crippen molar-refractivity contribution in [2.75, 3.05) is 7.11 Å². The van der Waals surface area contributed by atoms with Crippen LogP contribution in [0, 0.1) is 5.92 Å². The molecule has 10 heteroatoms. The summed E-state index contributed by atoms with van der Waals surface area (Å²) >= 11 is 12.3. The lowest BCUT2D eigenvalue weighted by Gasteiger charge is -2.49. The number of amides is 1. The van der Waals surface area contributed by atoms with Crippen LogP contribution in [-0.2, 0) is 9.53 Å². The zero-order valence-electron chi connectivity index (χ0n) is 19.3. The predicted molar refractivity (Wildman–Crippen MR) is 127 cm³/mol. The average molecular weight is 534 g/mol. The summed E-state index contributed by atoms with van der Waals surface area (Å²) in [6.07, 6.45) is -8.96. The number of halogens is 5. The molecule has 1 heterocycles. The second-order valence-corrected chi connectivity index (χ2v) is 9.60. The lowest BCUT2D eigenvalue weighted by atomic mass is 9.73. The first-order valence-electron chi connectivity index (χ1n) is 11.3. The predicted octanol–water partition coefficient (Wildman–Crippen LogP) is 5.72. The molecular weight excluding hydrogens is 506 g/mol. The van der Waals surface area contributed by atoms with E-state index in [4.69, 9.17) is 27.9 Å². The molecule has 0 bridgehead atoms. The second kappa shape index (κ2) is 11.5. The molecule has 1 aliphatic heterocycles. The number of methoxy groups -OCH3 is 1. The van der Waals surface area contributed by atoms with Crippen molar-refractivity contribution in [3.8, 4) is 0 Å². The van der Waals surface area contributed by atoms with E-state index in [0.717, 1.165) is 10.5 Å². The van der Waals surface area contributed by atoms with E-state index in [1.165, 1.54) is 14.0 Å². The van der Waals surface area contributed by atoms with Crippen molar-refractivity contribution in [1.82, 2.24) is 4.90 Å². The van der Waals surface area contributed by atoms with Crippen LogP contribution >= 0.6 is 23.2 Å². The summed E-state index contributed by atoms with van der Waals surface area (Å²) in [4.78, 5) is 14.9. The maximum atomic E-state index is 13.7. The van der Waals surface area contributed by atoms with Gasteiger partial charge in [-0.1, -0.05) is 54.4 Å². The number of aliphatic hydroxyl groups excluding tert-OH is 2. The van der Waals surface area contributed by atoms with Gasteiger partial charge in [-0.05, 0) is 48.2 Å². The van der Waals surface area contributed by atoms with E-state index in [-0.39, 0.29) is 19.3 Å². The van der Waals surface area contributed by atoms with Gasteiger partial charge in [-0.3, -0.25) is 4.79 Å². The van der Waals surface area contributed by atoms with E-state index in [1.807, 2.05) is 0 Å². The van der Waals surface area contributed by atoms with Crippen LogP contribution in [0.5, 0.6) is 0 Å². The monoisotopic (exact) mass is 533 g/mol. The van der Waals surface area contributed by atoms with Gasteiger partial charge in [0, 0.05) is 35.4 Å². The molecule has 0 aliphatic carbocycles. The number of ether oxygens (including phenoxy) is 1. The van der Waals surface area contributed by atoms with Crippen LogP contribution in [0.25, 0.3) is 0 Å². The lowest BCUT2D eigenvalue weighted by molar-refractivity contribution is -0.227. The minimum atomic E-state index is -4.93. The highest BCUT2D eigenvalue weighted by molar-refractivity contribution is 6.30. The van der Waals surface area contributed by atoms with Crippen molar-refractivity contribution in [3.05, 3.63) is 69.7 Å². The van der Waals surface area contributed by atoms with Crippen LogP contribution < -0.4 is 0 Å². The van der Waals surface area contributed by atoms with Crippen LogP contribution in [0.1, 0.15) is 49.3 Å². The van der Waals surface area contributed by atoms with Gasteiger partial charge in [0.05, 0.1) is 12.1 Å². The van der Waals surface area contributed by atoms with E-state index < -0.39 is 48.4 Å². The first-order chi connectivity index (χ1) is 16.5. The third-order valence-electron chi connectivity index (χ3n) is 6.54. The first kappa shape index (κ1) is 27.7. The maximum absolute atomic E-state index is 13.7. The van der Waals surface area contributed by atoms with Crippen LogP contribution in [0.3, 0.4) is 0 Å². The zero-order valence-corrected chi connectivity index (χ0v) is 20.8. The fourth-order valence-electron chi connectivity index (χ4n) is 4.88. The lowest BCUT2D eigenvalue weighted by Crippen LogP contribution is -2.58. The van der Waals surface area contributed by atoms with Gasteiger partial charge in [0.25, 0.3) is 0 Å². The molecule has 3 rings (SSSR count). The van der Waals surface area contributed by atoms with Crippen molar-refractivity contribution < 1.29 is 32.9 Å². The Kier molecular flexibility index (Phi) is 9.10. The zero-order chi connectivity index (χ0) is 25.9. The summed E-state index contributed by atoms with van der Waals surface area (Å²) in [7, 11) is 1.28. The van der Waals surface area contributed by atoms with Gasteiger partial charge in [0.15, 0.2) is 12.4 Å². The van der Waals surface area contributed by atoms with Gasteiger partial charge < -0.3 is 19.8 Å². The van der Waals surface area contributed by atoms with Crippen molar-refractivity contribution in [2.24, 2.45) is 5.92 Å². The molecule has 2 N–H and O–H groups in total. The Bertz CT molecular complexity index is 1000. The van der Waals surface area contributed by atoms with Gasteiger partial charge in [0.2, 0.25) is 5.91 Å². The highest BCUT2D eigenvalue weighted by atomic mass is 35.5. The van der Waals surface area contributed by atoms with Gasteiger partial charge in [-0.15, -0.1) is 0 Å². The van der Waals surface area contributed by atoms with Crippen LogP contribution in [0.4, 0.5) is 13.2 Å². The van der Waals surface area contributed by atoms with Gasteiger partial charge in [-0.25, -0.2) is 0 Å². The minimum absolute atomic E-state index is 0.102. The van der Waals surface area contributed by atoms with E-state index in [9.17, 15) is 28.2 Å². The van der Waals surface area contributed by atoms with Crippen LogP contribution in [0.15, 0.2) is 48.5 Å². The Labute approximate surface area is 212 Å². The molecule has 2 aromatic carbocycles. The van der Waals surface area contributed by atoms with E-state index in [1.54, 1.807) is 48.5 Å². The summed E-state index contributed by atoms with van der Waals surface area (Å²) in [5, 5.41) is 21.3. The molecule has 2 aromatic rings. The topological polar surface area (TPSA) is 70.0 Å². The smallest absolute Gasteiger partial charge is 0.382 e. The number of aliphatic hydroxyl groups is 2. The molecule has 6 atom stereocenters. The molecule has 1 saturated heterocycles. The summed E-state index contributed by atoms with van der Waals surface area (Å²) in [6.45, 7) is 1.49. The molecule has 1 amide bonds. The molecule has 1 fully saturated rings. The molecular formula is C25H28Cl2F3NO4. The van der Waals surface area contributed by atoms with Crippen molar-refractivity contribution in [3.63, 3.8) is 0 Å². The highest BCUT2D eigenvalue weighted by Crippen LogP contribution is 2.49. The Morgan fingerprint density at radius 3 is 2.29 bits per heavy atom. The second-order valence-electron chi connectivity index (χ2n) is 8.72. The number of nitrogens with zero attached hydrogens (tertiary/aromatic N) is 1. The Balaban J connectivity index is 2.21. The fraction of sp³-hybridized carbons (Fsp3) is 0.480. The number of hydrogen-bond acceptors (Lipinski definition) is 4. The van der Waals surface area contributed by atoms with Crippen molar-refractivity contribution in [2.45, 2.75) is 62.8 Å². The highest BCUT2D eigenvalue weighted by Gasteiger charge is 2.52. The number of likely N-dealkylation sites (tertiary alicyclic amines) is 1. The molecule has 0 spiro atoms. The fourth-order valence-corrected chi connectivity index (χ4v) is 5.21. The number of rotatable bonds is 8. The summed E-state index contributed by atoms with van der Waals surface area (Å²) < 4.78 is 46.0. The van der Waals surface area contributed by atoms with Gasteiger partial charge in [-0.2, -0.15) is 13.2 Å². The van der Waals surface area contributed by atoms with Crippen LogP contribution in [-0.4, -0.2) is 52.7 Å². The standard InChI is InChI=1S/C25H28Cl2F3NO4/c1-3-20(23(33)25(28,29)30)31-22(14-7-9-17(26)10-8-14)19(15-5-4-6-18(27)11-15)12-16(24(31)34)13-21(32)35-2/h4-11,16,19-23,32-33H,3,12-13H2,1-2H3/t16-,19?,20+,21?,22-,23?/m1/s1. The number of benzene rings is 2. The van der Waals surface area contributed by atoms with Gasteiger partial charge >= 0.3 is 6.18 Å². The molecule has 1 aliphatic rings. The summed E-state index contributed by atoms with van der Waals surface area (Å²) in [5.41, 5.74) is 1.30. The average Bonchev–Trinajstić information content (AvgIpc) is 2.81. The normalized spacial score (nSPS) is 23.7. The van der Waals surface area contributed by atoms with Gasteiger partial charge in [0.1, 0.15) is 0 Å². The Morgan fingerprint density at radius 1 is 1.09 bits per heavy atom. The molecule has 3 unspecified atom stereocenters. The van der Waals surface area contributed by atoms with E-state index >= 15 is 0 Å². The largest absolute Gasteiger partial charge is 0.416 e.